The zero-order valence-corrected chi connectivity index (χ0v) is 8.10. The van der Waals surface area contributed by atoms with E-state index in [2.05, 4.69) is 20.8 Å². The summed E-state index contributed by atoms with van der Waals surface area (Å²) in [6, 6.07) is 0. The van der Waals surface area contributed by atoms with Gasteiger partial charge in [0.2, 0.25) is 0 Å². The van der Waals surface area contributed by atoms with Gasteiger partial charge >= 0.3 is 0 Å². The Morgan fingerprint density at radius 1 is 1.27 bits per heavy atom. The molecule has 0 spiro atoms. The molecule has 0 saturated heterocycles. The van der Waals surface area contributed by atoms with Crippen molar-refractivity contribution in [2.24, 2.45) is 5.92 Å². The van der Waals surface area contributed by atoms with E-state index in [0.29, 0.717) is 6.10 Å². The molecule has 0 rings (SSSR count). The summed E-state index contributed by atoms with van der Waals surface area (Å²) in [5.41, 5.74) is 0. The molecule has 67 valence electrons. The van der Waals surface area contributed by atoms with E-state index < -0.39 is 0 Å². The monoisotopic (exact) mass is 157 g/mol. The summed E-state index contributed by atoms with van der Waals surface area (Å²) in [5, 5.41) is 0. The molecule has 0 N–H and O–H groups in total. The molecule has 0 aliphatic heterocycles. The van der Waals surface area contributed by atoms with Crippen molar-refractivity contribution in [2.45, 2.75) is 45.6 Å². The average Bonchev–Trinajstić information content (AvgIpc) is 2.04. The molecule has 1 radical (unpaired) electrons. The topological polar surface area (TPSA) is 9.23 Å². The zero-order valence-electron chi connectivity index (χ0n) is 8.10. The van der Waals surface area contributed by atoms with E-state index in [-0.39, 0.29) is 0 Å². The number of rotatable bonds is 6. The van der Waals surface area contributed by atoms with Crippen LogP contribution in [0, 0.1) is 12.8 Å². The SMILES string of the molecule is [CH2]CC(C)CCCC(C)OC. The Kier molecular flexibility index (Phi) is 6.63. The van der Waals surface area contributed by atoms with Crippen LogP contribution in [-0.2, 0) is 4.74 Å². The summed E-state index contributed by atoms with van der Waals surface area (Å²) in [4.78, 5) is 0. The van der Waals surface area contributed by atoms with Gasteiger partial charge in [0, 0.05) is 7.11 Å². The van der Waals surface area contributed by atoms with Crippen molar-refractivity contribution in [1.29, 1.82) is 0 Å². The highest BCUT2D eigenvalue weighted by Crippen LogP contribution is 2.12. The van der Waals surface area contributed by atoms with Gasteiger partial charge in [-0.1, -0.05) is 33.1 Å². The van der Waals surface area contributed by atoms with Gasteiger partial charge in [0.25, 0.3) is 0 Å². The van der Waals surface area contributed by atoms with E-state index in [1.165, 1.54) is 19.3 Å². The molecule has 0 fully saturated rings. The molecule has 0 bridgehead atoms. The molecule has 0 aromatic carbocycles. The predicted octanol–water partition coefficient (Wildman–Crippen LogP) is 3.05. The van der Waals surface area contributed by atoms with Gasteiger partial charge in [-0.2, -0.15) is 0 Å². The van der Waals surface area contributed by atoms with Crippen LogP contribution in [0.25, 0.3) is 0 Å². The summed E-state index contributed by atoms with van der Waals surface area (Å²) in [7, 11) is 1.77. The second-order valence-corrected chi connectivity index (χ2v) is 3.37. The fourth-order valence-corrected chi connectivity index (χ4v) is 1.02. The van der Waals surface area contributed by atoms with Crippen LogP contribution in [-0.4, -0.2) is 13.2 Å². The van der Waals surface area contributed by atoms with Crippen LogP contribution in [0.4, 0.5) is 0 Å². The minimum atomic E-state index is 0.423. The van der Waals surface area contributed by atoms with Gasteiger partial charge in [-0.25, -0.2) is 0 Å². The van der Waals surface area contributed by atoms with Crippen LogP contribution in [0.1, 0.15) is 39.5 Å². The van der Waals surface area contributed by atoms with Crippen molar-refractivity contribution < 1.29 is 4.74 Å². The first-order valence-corrected chi connectivity index (χ1v) is 4.52. The lowest BCUT2D eigenvalue weighted by atomic mass is 10.0. The molecule has 0 aliphatic rings. The van der Waals surface area contributed by atoms with Crippen molar-refractivity contribution >= 4 is 0 Å². The second kappa shape index (κ2) is 6.66. The van der Waals surface area contributed by atoms with Crippen LogP contribution in [0.15, 0.2) is 0 Å². The van der Waals surface area contributed by atoms with E-state index in [1.807, 2.05) is 0 Å². The van der Waals surface area contributed by atoms with E-state index in [4.69, 9.17) is 4.74 Å². The first kappa shape index (κ1) is 11.0. The van der Waals surface area contributed by atoms with Gasteiger partial charge in [-0.3, -0.25) is 0 Å². The van der Waals surface area contributed by atoms with Crippen molar-refractivity contribution in [2.75, 3.05) is 7.11 Å². The molecular formula is C10H21O. The number of hydrogen-bond donors (Lipinski definition) is 0. The number of hydrogen-bond acceptors (Lipinski definition) is 1. The Morgan fingerprint density at radius 2 is 1.91 bits per heavy atom. The fraction of sp³-hybridized carbons (Fsp3) is 0.900. The van der Waals surface area contributed by atoms with Crippen LogP contribution < -0.4 is 0 Å². The third-order valence-corrected chi connectivity index (χ3v) is 2.20. The molecule has 0 aliphatic carbocycles. The van der Waals surface area contributed by atoms with Gasteiger partial charge in [0.1, 0.15) is 0 Å². The summed E-state index contributed by atoms with van der Waals surface area (Å²) in [6.07, 6.45) is 5.22. The standard InChI is InChI=1S/C10H21O/c1-5-9(2)7-6-8-10(3)11-4/h9-10H,1,5-8H2,2-4H3. The van der Waals surface area contributed by atoms with Gasteiger partial charge in [0.15, 0.2) is 0 Å². The van der Waals surface area contributed by atoms with Gasteiger partial charge < -0.3 is 4.74 Å². The van der Waals surface area contributed by atoms with E-state index >= 15 is 0 Å². The second-order valence-electron chi connectivity index (χ2n) is 3.37. The molecule has 0 aromatic rings. The van der Waals surface area contributed by atoms with Crippen molar-refractivity contribution in [3.05, 3.63) is 6.92 Å². The summed E-state index contributed by atoms with van der Waals surface area (Å²) < 4.78 is 5.15. The highest BCUT2D eigenvalue weighted by molar-refractivity contribution is 4.57. The number of ether oxygens (including phenoxy) is 1. The Labute approximate surface area is 71.1 Å². The maximum absolute atomic E-state index is 5.15. The highest BCUT2D eigenvalue weighted by atomic mass is 16.5. The Bertz CT molecular complexity index is 70.9. The summed E-state index contributed by atoms with van der Waals surface area (Å²) in [6.45, 7) is 8.25. The molecule has 2 atom stereocenters. The first-order valence-electron chi connectivity index (χ1n) is 4.52. The lowest BCUT2D eigenvalue weighted by Gasteiger charge is -2.11. The Balaban J connectivity index is 3.13. The maximum Gasteiger partial charge on any atom is 0.0543 e. The predicted molar refractivity (Wildman–Crippen MR) is 49.5 cm³/mol. The number of methoxy groups -OCH3 is 1. The van der Waals surface area contributed by atoms with Gasteiger partial charge in [0.05, 0.1) is 6.10 Å². The van der Waals surface area contributed by atoms with E-state index in [0.717, 1.165) is 12.3 Å². The minimum absolute atomic E-state index is 0.423. The van der Waals surface area contributed by atoms with Crippen LogP contribution in [0.2, 0.25) is 0 Å². The smallest absolute Gasteiger partial charge is 0.0543 e. The largest absolute Gasteiger partial charge is 0.382 e. The van der Waals surface area contributed by atoms with E-state index in [1.54, 1.807) is 7.11 Å². The third kappa shape index (κ3) is 6.36. The van der Waals surface area contributed by atoms with Crippen LogP contribution >= 0.6 is 0 Å². The van der Waals surface area contributed by atoms with Gasteiger partial charge in [-0.15, -0.1) is 0 Å². The molecule has 0 heterocycles. The molecule has 0 aromatic heterocycles. The average molecular weight is 157 g/mol. The lowest BCUT2D eigenvalue weighted by Crippen LogP contribution is -2.05. The molecule has 0 amide bonds. The summed E-state index contributed by atoms with van der Waals surface area (Å²) in [5.74, 6) is 0.777. The maximum atomic E-state index is 5.15. The van der Waals surface area contributed by atoms with Crippen molar-refractivity contribution in [3.8, 4) is 0 Å². The molecular weight excluding hydrogens is 136 g/mol. The zero-order chi connectivity index (χ0) is 8.69. The minimum Gasteiger partial charge on any atom is -0.382 e. The lowest BCUT2D eigenvalue weighted by molar-refractivity contribution is 0.107. The van der Waals surface area contributed by atoms with Crippen molar-refractivity contribution in [3.63, 3.8) is 0 Å². The molecule has 2 unspecified atom stereocenters. The van der Waals surface area contributed by atoms with Gasteiger partial charge in [-0.05, 0) is 19.3 Å². The quantitative estimate of drug-likeness (QED) is 0.576. The van der Waals surface area contributed by atoms with E-state index in [9.17, 15) is 0 Å². The summed E-state index contributed by atoms with van der Waals surface area (Å²) >= 11 is 0. The molecule has 0 saturated carbocycles. The highest BCUT2D eigenvalue weighted by Gasteiger charge is 2.01. The third-order valence-electron chi connectivity index (χ3n) is 2.20. The fourth-order valence-electron chi connectivity index (χ4n) is 1.02. The first-order chi connectivity index (χ1) is 5.20. The van der Waals surface area contributed by atoms with Crippen molar-refractivity contribution in [1.82, 2.24) is 0 Å². The Hall–Kier alpha value is -0.0400. The van der Waals surface area contributed by atoms with Crippen LogP contribution in [0.5, 0.6) is 0 Å². The molecule has 1 heteroatoms. The normalized spacial score (nSPS) is 16.4. The Morgan fingerprint density at radius 3 is 2.36 bits per heavy atom. The molecule has 11 heavy (non-hydrogen) atoms. The van der Waals surface area contributed by atoms with Crippen LogP contribution in [0.3, 0.4) is 0 Å². The molecule has 1 nitrogen and oxygen atoms in total.